The number of rotatable bonds is 9. The second-order valence-corrected chi connectivity index (χ2v) is 9.90. The lowest BCUT2D eigenvalue weighted by molar-refractivity contribution is -0.137. The molecule has 35 heavy (non-hydrogen) atoms. The normalized spacial score (nSPS) is 11.8. The van der Waals surface area contributed by atoms with Crippen LogP contribution < -0.4 is 4.18 Å². The molecule has 3 aromatic carbocycles. The molecule has 0 spiro atoms. The van der Waals surface area contributed by atoms with Gasteiger partial charge in [-0.05, 0) is 54.1 Å². The zero-order chi connectivity index (χ0) is 25.6. The molecular weight excluding hydrogens is 551 g/mol. The monoisotopic (exact) mass is 571 g/mol. The van der Waals surface area contributed by atoms with E-state index in [0.717, 1.165) is 22.7 Å². The van der Waals surface area contributed by atoms with Gasteiger partial charge in [-0.1, -0.05) is 40.2 Å². The Labute approximate surface area is 209 Å². The molecule has 0 aliphatic heterocycles. The zero-order valence-corrected chi connectivity index (χ0v) is 20.9. The quantitative estimate of drug-likeness (QED) is 0.316. The number of hydrogen-bond donors (Lipinski definition) is 0. The molecule has 0 aromatic heterocycles. The van der Waals surface area contributed by atoms with Crippen LogP contribution in [0.1, 0.15) is 21.5 Å². The molecule has 0 atom stereocenters. The summed E-state index contributed by atoms with van der Waals surface area (Å²) in [4.78, 5) is 14.0. The maximum Gasteiger partial charge on any atom is 0.416 e. The number of ether oxygens (including phenoxy) is 1. The number of carbonyl (C=O) groups excluding carboxylic acids is 1. The highest BCUT2D eigenvalue weighted by Crippen LogP contribution is 2.31. The lowest BCUT2D eigenvalue weighted by Gasteiger charge is -2.23. The molecule has 3 rings (SSSR count). The molecule has 3 aromatic rings. The molecule has 0 radical (unpaired) electrons. The third-order valence-electron chi connectivity index (χ3n) is 4.88. The van der Waals surface area contributed by atoms with E-state index in [1.54, 1.807) is 35.2 Å². The minimum absolute atomic E-state index is 0.0760. The first-order valence-electron chi connectivity index (χ1n) is 10.2. The summed E-state index contributed by atoms with van der Waals surface area (Å²) < 4.78 is 74.6. The second kappa shape index (κ2) is 11.2. The van der Waals surface area contributed by atoms with E-state index >= 15 is 0 Å². The van der Waals surface area contributed by atoms with E-state index in [0.29, 0.717) is 30.3 Å². The Morgan fingerprint density at radius 3 is 2.31 bits per heavy atom. The van der Waals surface area contributed by atoms with Crippen LogP contribution in [0.4, 0.5) is 13.2 Å². The van der Waals surface area contributed by atoms with Crippen molar-refractivity contribution in [2.75, 3.05) is 20.3 Å². The third-order valence-corrected chi connectivity index (χ3v) is 6.61. The molecule has 6 nitrogen and oxygen atoms in total. The van der Waals surface area contributed by atoms with Crippen LogP contribution in [0.2, 0.25) is 0 Å². The van der Waals surface area contributed by atoms with Crippen molar-refractivity contribution >= 4 is 32.0 Å². The minimum atomic E-state index is -4.69. The van der Waals surface area contributed by atoms with Crippen LogP contribution in [-0.2, 0) is 27.6 Å². The lowest BCUT2D eigenvalue weighted by atomic mass is 10.1. The van der Waals surface area contributed by atoms with Gasteiger partial charge in [-0.2, -0.15) is 21.6 Å². The smallest absolute Gasteiger partial charge is 0.383 e. The molecular formula is C24H21BrF3NO5S. The van der Waals surface area contributed by atoms with Gasteiger partial charge in [-0.3, -0.25) is 4.79 Å². The van der Waals surface area contributed by atoms with Crippen molar-refractivity contribution in [1.29, 1.82) is 0 Å². The first kappa shape index (κ1) is 26.7. The average molecular weight is 572 g/mol. The highest BCUT2D eigenvalue weighted by molar-refractivity contribution is 9.10. The van der Waals surface area contributed by atoms with Crippen LogP contribution in [0.3, 0.4) is 0 Å². The fraction of sp³-hybridized carbons (Fsp3) is 0.208. The van der Waals surface area contributed by atoms with Crippen LogP contribution in [0, 0.1) is 0 Å². The third kappa shape index (κ3) is 7.30. The Morgan fingerprint density at radius 1 is 1.00 bits per heavy atom. The number of hydrogen-bond acceptors (Lipinski definition) is 5. The van der Waals surface area contributed by atoms with Gasteiger partial charge < -0.3 is 13.8 Å². The topological polar surface area (TPSA) is 72.9 Å². The van der Waals surface area contributed by atoms with Gasteiger partial charge >= 0.3 is 16.3 Å². The lowest BCUT2D eigenvalue weighted by Crippen LogP contribution is -2.33. The van der Waals surface area contributed by atoms with Crippen LogP contribution >= 0.6 is 15.9 Å². The van der Waals surface area contributed by atoms with Gasteiger partial charge in [0.1, 0.15) is 10.6 Å². The Morgan fingerprint density at radius 2 is 1.69 bits per heavy atom. The number of amides is 1. The molecule has 186 valence electrons. The van der Waals surface area contributed by atoms with Gasteiger partial charge in [0.25, 0.3) is 5.91 Å². The van der Waals surface area contributed by atoms with E-state index in [4.69, 9.17) is 8.92 Å². The fourth-order valence-electron chi connectivity index (χ4n) is 3.13. The SMILES string of the molecule is COCCN(Cc1ccc(OS(=O)(=O)c2cccc(C(F)(F)F)c2)cc1)C(=O)c1cccc(Br)c1. The highest BCUT2D eigenvalue weighted by Gasteiger charge is 2.32. The Kier molecular flexibility index (Phi) is 8.57. The van der Waals surface area contributed by atoms with Crippen LogP contribution in [0.5, 0.6) is 5.75 Å². The van der Waals surface area contributed by atoms with Gasteiger partial charge in [0.05, 0.1) is 12.2 Å². The van der Waals surface area contributed by atoms with E-state index in [2.05, 4.69) is 15.9 Å². The molecule has 1 amide bonds. The number of alkyl halides is 3. The molecule has 0 fully saturated rings. The van der Waals surface area contributed by atoms with E-state index in [9.17, 15) is 26.4 Å². The zero-order valence-electron chi connectivity index (χ0n) is 18.5. The van der Waals surface area contributed by atoms with E-state index in [-0.39, 0.29) is 18.2 Å². The van der Waals surface area contributed by atoms with Crippen molar-refractivity contribution in [3.63, 3.8) is 0 Å². The van der Waals surface area contributed by atoms with Gasteiger partial charge in [0.2, 0.25) is 0 Å². The van der Waals surface area contributed by atoms with Crippen molar-refractivity contribution in [3.05, 3.63) is 94.0 Å². The summed E-state index contributed by atoms with van der Waals surface area (Å²) in [6, 6.07) is 16.2. The Balaban J connectivity index is 1.75. The molecule has 0 unspecified atom stereocenters. The highest BCUT2D eigenvalue weighted by atomic mass is 79.9. The van der Waals surface area contributed by atoms with Crippen molar-refractivity contribution < 1.29 is 35.3 Å². The first-order valence-corrected chi connectivity index (χ1v) is 12.4. The number of nitrogens with zero attached hydrogens (tertiary/aromatic N) is 1. The van der Waals surface area contributed by atoms with Crippen LogP contribution in [-0.4, -0.2) is 39.5 Å². The summed E-state index contributed by atoms with van der Waals surface area (Å²) in [5.41, 5.74) is 0.0830. The average Bonchev–Trinajstić information content (AvgIpc) is 2.82. The summed E-state index contributed by atoms with van der Waals surface area (Å²) in [6.45, 7) is 0.857. The maximum atomic E-state index is 13.0. The van der Waals surface area contributed by atoms with Gasteiger partial charge in [0, 0.05) is 30.2 Å². The van der Waals surface area contributed by atoms with Crippen molar-refractivity contribution in [1.82, 2.24) is 4.90 Å². The van der Waals surface area contributed by atoms with Gasteiger partial charge in [0.15, 0.2) is 0 Å². The summed E-state index contributed by atoms with van der Waals surface area (Å²) in [5, 5.41) is 0. The number of halogens is 4. The van der Waals surface area contributed by atoms with Crippen molar-refractivity contribution in [3.8, 4) is 5.75 Å². The molecule has 0 heterocycles. The standard InChI is InChI=1S/C24H21BrF3NO5S/c1-33-13-12-29(23(30)18-4-2-6-20(25)14-18)16-17-8-10-21(11-9-17)34-35(31,32)22-7-3-5-19(15-22)24(26,27)28/h2-11,14-15H,12-13,16H2,1H3. The molecule has 0 bridgehead atoms. The molecule has 0 saturated heterocycles. The van der Waals surface area contributed by atoms with Crippen LogP contribution in [0.25, 0.3) is 0 Å². The summed E-state index contributed by atoms with van der Waals surface area (Å²) >= 11 is 3.35. The van der Waals surface area contributed by atoms with Crippen molar-refractivity contribution in [2.45, 2.75) is 17.6 Å². The summed E-state index contributed by atoms with van der Waals surface area (Å²) in [7, 11) is -2.96. The molecule has 0 aliphatic carbocycles. The number of benzene rings is 3. The second-order valence-electron chi connectivity index (χ2n) is 7.44. The van der Waals surface area contributed by atoms with Crippen molar-refractivity contribution in [2.24, 2.45) is 0 Å². The predicted molar refractivity (Wildman–Crippen MR) is 126 cm³/mol. The van der Waals surface area contributed by atoms with Gasteiger partial charge in [-0.15, -0.1) is 0 Å². The van der Waals surface area contributed by atoms with E-state index < -0.39 is 26.8 Å². The van der Waals surface area contributed by atoms with Crippen LogP contribution in [0.15, 0.2) is 82.2 Å². The molecule has 0 N–H and O–H groups in total. The summed E-state index contributed by atoms with van der Waals surface area (Å²) in [5.74, 6) is -0.288. The summed E-state index contributed by atoms with van der Waals surface area (Å²) in [6.07, 6.45) is -4.69. The van der Waals surface area contributed by atoms with E-state index in [1.165, 1.54) is 19.2 Å². The number of carbonyl (C=O) groups is 1. The largest absolute Gasteiger partial charge is 0.416 e. The molecule has 11 heteroatoms. The Hall–Kier alpha value is -2.89. The van der Waals surface area contributed by atoms with E-state index in [1.807, 2.05) is 6.07 Å². The van der Waals surface area contributed by atoms with Gasteiger partial charge in [-0.25, -0.2) is 0 Å². The fourth-order valence-corrected chi connectivity index (χ4v) is 4.51. The minimum Gasteiger partial charge on any atom is -0.383 e. The maximum absolute atomic E-state index is 13.0. The molecule has 0 aliphatic rings. The predicted octanol–water partition coefficient (Wildman–Crippen LogP) is 5.52. The number of methoxy groups -OCH3 is 1. The Bertz CT molecular complexity index is 1280. The molecule has 0 saturated carbocycles. The first-order chi connectivity index (χ1) is 16.5.